The zero-order valence-corrected chi connectivity index (χ0v) is 15.0. The molecule has 0 aliphatic carbocycles. The number of thiocarbonyl (C=S) groups is 1. The normalized spacial score (nSPS) is 16.9. The van der Waals surface area contributed by atoms with Crippen molar-refractivity contribution >= 4 is 23.3 Å². The molecule has 1 aliphatic heterocycles. The van der Waals surface area contributed by atoms with Crippen molar-refractivity contribution in [1.82, 2.24) is 10.6 Å². The summed E-state index contributed by atoms with van der Waals surface area (Å²) in [6.45, 7) is 1.76. The predicted octanol–water partition coefficient (Wildman–Crippen LogP) is 1.68. The van der Waals surface area contributed by atoms with E-state index in [1.54, 1.807) is 33.3 Å². The summed E-state index contributed by atoms with van der Waals surface area (Å²) < 4.78 is 21.0. The minimum absolute atomic E-state index is 0.405. The van der Waals surface area contributed by atoms with Gasteiger partial charge >= 0.3 is 5.97 Å². The first-order chi connectivity index (χ1) is 11.5. The summed E-state index contributed by atoms with van der Waals surface area (Å²) in [5.41, 5.74) is 1.71. The molecule has 1 atom stereocenters. The van der Waals surface area contributed by atoms with Crippen LogP contribution in [0.25, 0.3) is 0 Å². The van der Waals surface area contributed by atoms with Gasteiger partial charge in [0.25, 0.3) is 0 Å². The number of hydrogen-bond donors (Lipinski definition) is 2. The maximum absolute atomic E-state index is 12.2. The van der Waals surface area contributed by atoms with E-state index in [0.29, 0.717) is 39.2 Å². The van der Waals surface area contributed by atoms with Gasteiger partial charge in [-0.05, 0) is 25.2 Å². The molecule has 2 rings (SSSR count). The van der Waals surface area contributed by atoms with Crippen LogP contribution in [-0.4, -0.2) is 39.5 Å². The van der Waals surface area contributed by atoms with Gasteiger partial charge in [-0.25, -0.2) is 4.79 Å². The molecule has 2 N–H and O–H groups in total. The Hall–Kier alpha value is -2.48. The Bertz CT molecular complexity index is 702. The highest BCUT2D eigenvalue weighted by atomic mass is 32.1. The van der Waals surface area contributed by atoms with Crippen molar-refractivity contribution in [3.05, 3.63) is 29.0 Å². The molecule has 24 heavy (non-hydrogen) atoms. The highest BCUT2D eigenvalue weighted by Gasteiger charge is 2.33. The summed E-state index contributed by atoms with van der Waals surface area (Å²) in [6, 6.07) is 2.91. The van der Waals surface area contributed by atoms with Gasteiger partial charge < -0.3 is 29.6 Å². The van der Waals surface area contributed by atoms with Crippen molar-refractivity contribution < 1.29 is 23.7 Å². The van der Waals surface area contributed by atoms with Crippen LogP contribution in [0.5, 0.6) is 17.2 Å². The molecule has 130 valence electrons. The third-order valence-electron chi connectivity index (χ3n) is 3.72. The number of carbonyl (C=O) groups is 1. The Kier molecular flexibility index (Phi) is 5.50. The lowest BCUT2D eigenvalue weighted by molar-refractivity contribution is -0.136. The maximum atomic E-state index is 12.2. The molecule has 1 aromatic carbocycles. The van der Waals surface area contributed by atoms with Crippen molar-refractivity contribution in [3.63, 3.8) is 0 Å². The van der Waals surface area contributed by atoms with Crippen LogP contribution >= 0.6 is 12.2 Å². The van der Waals surface area contributed by atoms with Crippen LogP contribution in [0.1, 0.15) is 18.5 Å². The molecule has 0 bridgehead atoms. The van der Waals surface area contributed by atoms with Crippen molar-refractivity contribution in [2.75, 3.05) is 28.4 Å². The van der Waals surface area contributed by atoms with E-state index in [9.17, 15) is 4.79 Å². The minimum Gasteiger partial charge on any atom is -0.496 e. The molecular weight excluding hydrogens is 332 g/mol. The van der Waals surface area contributed by atoms with Gasteiger partial charge in [0.1, 0.15) is 5.75 Å². The fraction of sp³-hybridized carbons (Fsp3) is 0.375. The summed E-state index contributed by atoms with van der Waals surface area (Å²) in [4.78, 5) is 12.2. The quantitative estimate of drug-likeness (QED) is 0.612. The third-order valence-corrected chi connectivity index (χ3v) is 3.94. The fourth-order valence-corrected chi connectivity index (χ4v) is 2.86. The molecule has 0 unspecified atom stereocenters. The molecule has 1 heterocycles. The van der Waals surface area contributed by atoms with Crippen molar-refractivity contribution in [1.29, 1.82) is 0 Å². The molecule has 1 aromatic rings. The summed E-state index contributed by atoms with van der Waals surface area (Å²) in [6.07, 6.45) is 0. The van der Waals surface area contributed by atoms with Crippen LogP contribution in [-0.2, 0) is 9.53 Å². The topological polar surface area (TPSA) is 78.1 Å². The van der Waals surface area contributed by atoms with Gasteiger partial charge in [0.2, 0.25) is 0 Å². The molecule has 8 heteroatoms. The van der Waals surface area contributed by atoms with Crippen molar-refractivity contribution in [2.24, 2.45) is 0 Å². The van der Waals surface area contributed by atoms with E-state index in [1.807, 2.05) is 0 Å². The second kappa shape index (κ2) is 7.39. The van der Waals surface area contributed by atoms with E-state index < -0.39 is 12.0 Å². The number of rotatable bonds is 5. The number of nitrogens with one attached hydrogen (secondary N) is 2. The number of benzene rings is 1. The molecular formula is C16H20N2O5S. The van der Waals surface area contributed by atoms with Gasteiger partial charge in [0, 0.05) is 17.3 Å². The van der Waals surface area contributed by atoms with Gasteiger partial charge in [0.05, 0.1) is 40.1 Å². The largest absolute Gasteiger partial charge is 0.496 e. The van der Waals surface area contributed by atoms with Crippen LogP contribution in [0.15, 0.2) is 23.4 Å². The average molecular weight is 352 g/mol. The van der Waals surface area contributed by atoms with E-state index in [2.05, 4.69) is 10.6 Å². The molecule has 0 spiro atoms. The SMILES string of the molecule is COC(=O)C1=C(C)NC(=S)N[C@H]1c1cc(OC)c(OC)cc1OC. The zero-order chi connectivity index (χ0) is 17.9. The maximum Gasteiger partial charge on any atom is 0.337 e. The number of esters is 1. The van der Waals surface area contributed by atoms with E-state index in [1.165, 1.54) is 14.2 Å². The van der Waals surface area contributed by atoms with E-state index >= 15 is 0 Å². The lowest BCUT2D eigenvalue weighted by Crippen LogP contribution is -2.45. The molecule has 0 saturated carbocycles. The summed E-state index contributed by atoms with van der Waals surface area (Å²) in [7, 11) is 5.95. The summed E-state index contributed by atoms with van der Waals surface area (Å²) in [5.74, 6) is 1.11. The van der Waals surface area contributed by atoms with Crippen LogP contribution in [0, 0.1) is 0 Å². The minimum atomic E-state index is -0.541. The van der Waals surface area contributed by atoms with E-state index in [0.717, 1.165) is 0 Å². The first kappa shape index (κ1) is 17.9. The Morgan fingerprint density at radius 1 is 1.04 bits per heavy atom. The standard InChI is InChI=1S/C16H20N2O5S/c1-8-13(15(19)23-5)14(18-16(24)17-8)9-6-11(21-3)12(22-4)7-10(9)20-2/h6-7,14H,1-5H3,(H2,17,18,24)/t14-/m0/s1. The summed E-state index contributed by atoms with van der Waals surface area (Å²) in [5, 5.41) is 6.42. The van der Waals surface area contributed by atoms with Crippen molar-refractivity contribution in [2.45, 2.75) is 13.0 Å². The average Bonchev–Trinajstić information content (AvgIpc) is 2.59. The molecule has 0 radical (unpaired) electrons. The molecule has 0 fully saturated rings. The van der Waals surface area contributed by atoms with Gasteiger partial charge in [-0.15, -0.1) is 0 Å². The molecule has 1 aliphatic rings. The Morgan fingerprint density at radius 3 is 2.17 bits per heavy atom. The lowest BCUT2D eigenvalue weighted by Gasteiger charge is -2.30. The molecule has 0 saturated heterocycles. The van der Waals surface area contributed by atoms with Crippen LogP contribution in [0.2, 0.25) is 0 Å². The second-order valence-corrected chi connectivity index (χ2v) is 5.42. The molecule has 0 amide bonds. The Morgan fingerprint density at radius 2 is 1.62 bits per heavy atom. The predicted molar refractivity (Wildman–Crippen MR) is 92.4 cm³/mol. The van der Waals surface area contributed by atoms with Crippen LogP contribution in [0.4, 0.5) is 0 Å². The third kappa shape index (κ3) is 3.23. The number of ether oxygens (including phenoxy) is 4. The van der Waals surface area contributed by atoms with Gasteiger partial charge in [-0.1, -0.05) is 0 Å². The van der Waals surface area contributed by atoms with Crippen molar-refractivity contribution in [3.8, 4) is 17.2 Å². The number of hydrogen-bond acceptors (Lipinski definition) is 6. The number of allylic oxidation sites excluding steroid dienone is 1. The first-order valence-corrected chi connectivity index (χ1v) is 7.54. The first-order valence-electron chi connectivity index (χ1n) is 7.13. The monoisotopic (exact) mass is 352 g/mol. The van der Waals surface area contributed by atoms with Crippen LogP contribution < -0.4 is 24.8 Å². The second-order valence-electron chi connectivity index (χ2n) is 5.01. The fourth-order valence-electron chi connectivity index (χ4n) is 2.59. The Labute approximate surface area is 145 Å². The Balaban J connectivity index is 2.65. The summed E-state index contributed by atoms with van der Waals surface area (Å²) >= 11 is 5.22. The smallest absolute Gasteiger partial charge is 0.337 e. The van der Waals surface area contributed by atoms with Gasteiger partial charge in [-0.2, -0.15) is 0 Å². The highest BCUT2D eigenvalue weighted by molar-refractivity contribution is 7.80. The highest BCUT2D eigenvalue weighted by Crippen LogP contribution is 2.40. The van der Waals surface area contributed by atoms with Gasteiger partial charge in [-0.3, -0.25) is 0 Å². The van der Waals surface area contributed by atoms with Crippen LogP contribution in [0.3, 0.4) is 0 Å². The number of carbonyl (C=O) groups excluding carboxylic acids is 1. The molecule has 7 nitrogen and oxygen atoms in total. The van der Waals surface area contributed by atoms with E-state index in [-0.39, 0.29) is 0 Å². The zero-order valence-electron chi connectivity index (χ0n) is 14.2. The van der Waals surface area contributed by atoms with Gasteiger partial charge in [0.15, 0.2) is 16.6 Å². The molecule has 0 aromatic heterocycles. The number of methoxy groups -OCH3 is 4. The lowest BCUT2D eigenvalue weighted by atomic mass is 9.94. The van der Waals surface area contributed by atoms with E-state index in [4.69, 9.17) is 31.2 Å².